The molecule has 5 heteroatoms. The predicted octanol–water partition coefficient (Wildman–Crippen LogP) is 3.69. The van der Waals surface area contributed by atoms with Gasteiger partial charge in [0.1, 0.15) is 5.82 Å². The molecule has 0 aromatic carbocycles. The van der Waals surface area contributed by atoms with E-state index in [-0.39, 0.29) is 12.0 Å². The van der Waals surface area contributed by atoms with E-state index < -0.39 is 6.43 Å². The maximum Gasteiger partial charge on any atom is 0.255 e. The van der Waals surface area contributed by atoms with Gasteiger partial charge in [0, 0.05) is 18.6 Å². The average molecular weight is 277 g/mol. The molecule has 1 heterocycles. The zero-order valence-electron chi connectivity index (χ0n) is 11.0. The van der Waals surface area contributed by atoms with E-state index in [9.17, 15) is 8.78 Å². The Morgan fingerprint density at radius 3 is 2.39 bits per heavy atom. The maximum absolute atomic E-state index is 12.4. The Kier molecular flexibility index (Phi) is 5.32. The van der Waals surface area contributed by atoms with Crippen LogP contribution in [0.3, 0.4) is 0 Å². The molecule has 0 aliphatic carbocycles. The highest BCUT2D eigenvalue weighted by atomic mass is 35.5. The van der Waals surface area contributed by atoms with Crippen molar-refractivity contribution in [1.29, 1.82) is 0 Å². The minimum absolute atomic E-state index is 0.00552. The van der Waals surface area contributed by atoms with Gasteiger partial charge in [-0.1, -0.05) is 26.8 Å². The summed E-state index contributed by atoms with van der Waals surface area (Å²) in [5, 5.41) is 0. The van der Waals surface area contributed by atoms with Crippen molar-refractivity contribution in [2.75, 3.05) is 23.9 Å². The third-order valence-corrected chi connectivity index (χ3v) is 2.82. The number of nitrogens with zero attached hydrogens (tertiary/aromatic N) is 2. The Morgan fingerprint density at radius 2 is 2.00 bits per heavy atom. The molecule has 1 aromatic rings. The molecule has 0 amide bonds. The van der Waals surface area contributed by atoms with Crippen LogP contribution in [0.4, 0.5) is 14.6 Å². The third-order valence-electron chi connectivity index (χ3n) is 2.65. The normalized spacial score (nSPS) is 11.9. The lowest BCUT2D eigenvalue weighted by Crippen LogP contribution is -2.31. The molecule has 0 aliphatic heterocycles. The van der Waals surface area contributed by atoms with Gasteiger partial charge in [0.15, 0.2) is 0 Å². The number of anilines is 1. The number of aromatic nitrogens is 1. The summed E-state index contributed by atoms with van der Waals surface area (Å²) in [5.74, 6) is 0.846. The van der Waals surface area contributed by atoms with Crippen LogP contribution in [0.1, 0.15) is 26.3 Å². The summed E-state index contributed by atoms with van der Waals surface area (Å²) in [6.45, 7) is 6.28. The van der Waals surface area contributed by atoms with Crippen molar-refractivity contribution >= 4 is 17.4 Å². The minimum Gasteiger partial charge on any atom is -0.350 e. The number of hydrogen-bond acceptors (Lipinski definition) is 2. The first-order valence-electron chi connectivity index (χ1n) is 5.90. The summed E-state index contributed by atoms with van der Waals surface area (Å²) in [7, 11) is 0. The van der Waals surface area contributed by atoms with Gasteiger partial charge in [0.05, 0.1) is 6.54 Å². The molecule has 102 valence electrons. The fourth-order valence-corrected chi connectivity index (χ4v) is 1.79. The molecule has 0 unspecified atom stereocenters. The number of hydrogen-bond donors (Lipinski definition) is 0. The second-order valence-electron chi connectivity index (χ2n) is 5.18. The summed E-state index contributed by atoms with van der Waals surface area (Å²) in [5.41, 5.74) is 1.08. The van der Waals surface area contributed by atoms with Gasteiger partial charge in [0.25, 0.3) is 6.43 Å². The van der Waals surface area contributed by atoms with E-state index in [0.717, 1.165) is 5.56 Å². The Labute approximate surface area is 112 Å². The van der Waals surface area contributed by atoms with Gasteiger partial charge >= 0.3 is 0 Å². The van der Waals surface area contributed by atoms with Crippen molar-refractivity contribution in [3.05, 3.63) is 23.9 Å². The number of halogens is 3. The smallest absolute Gasteiger partial charge is 0.255 e. The summed E-state index contributed by atoms with van der Waals surface area (Å²) >= 11 is 5.62. The van der Waals surface area contributed by atoms with Crippen LogP contribution >= 0.6 is 11.6 Å². The Hall–Kier alpha value is -0.900. The summed E-state index contributed by atoms with van der Waals surface area (Å²) in [4.78, 5) is 5.76. The molecule has 0 saturated carbocycles. The molecule has 2 nitrogen and oxygen atoms in total. The zero-order valence-corrected chi connectivity index (χ0v) is 11.7. The van der Waals surface area contributed by atoms with Crippen molar-refractivity contribution in [3.8, 4) is 0 Å². The van der Waals surface area contributed by atoms with Crippen LogP contribution in [-0.2, 0) is 5.41 Å². The van der Waals surface area contributed by atoms with Crippen molar-refractivity contribution in [2.24, 2.45) is 0 Å². The van der Waals surface area contributed by atoms with Gasteiger partial charge in [-0.15, -0.1) is 11.6 Å². The van der Waals surface area contributed by atoms with Crippen molar-refractivity contribution in [2.45, 2.75) is 32.6 Å². The number of pyridine rings is 1. The van der Waals surface area contributed by atoms with Gasteiger partial charge in [-0.25, -0.2) is 13.8 Å². The van der Waals surface area contributed by atoms with Gasteiger partial charge < -0.3 is 4.90 Å². The molecule has 0 aliphatic rings. The van der Waals surface area contributed by atoms with Gasteiger partial charge in [-0.05, 0) is 17.0 Å². The second kappa shape index (κ2) is 6.32. The number of rotatable bonds is 5. The molecule has 1 rings (SSSR count). The van der Waals surface area contributed by atoms with E-state index in [4.69, 9.17) is 11.6 Å². The van der Waals surface area contributed by atoms with E-state index in [1.165, 1.54) is 4.90 Å². The molecular weight excluding hydrogens is 258 g/mol. The first-order chi connectivity index (χ1) is 8.34. The molecule has 0 saturated heterocycles. The third kappa shape index (κ3) is 4.41. The largest absolute Gasteiger partial charge is 0.350 e. The highest BCUT2D eigenvalue weighted by molar-refractivity contribution is 6.18. The zero-order chi connectivity index (χ0) is 13.8. The van der Waals surface area contributed by atoms with Gasteiger partial charge in [-0.2, -0.15) is 0 Å². The standard InChI is InChI=1S/C13H19ClF2N2/c1-13(2,3)10-4-5-12(17-8-10)18(7-6-14)9-11(15)16/h4-5,8,11H,6-7,9H2,1-3H3. The molecule has 0 spiro atoms. The van der Waals surface area contributed by atoms with Crippen LogP contribution < -0.4 is 4.90 Å². The molecule has 0 fully saturated rings. The van der Waals surface area contributed by atoms with Crippen LogP contribution in [0.2, 0.25) is 0 Å². The molecule has 0 atom stereocenters. The van der Waals surface area contributed by atoms with Crippen LogP contribution in [0.15, 0.2) is 18.3 Å². The molecule has 1 aromatic heterocycles. The Morgan fingerprint density at radius 1 is 1.33 bits per heavy atom. The second-order valence-corrected chi connectivity index (χ2v) is 5.56. The Bertz CT molecular complexity index is 360. The minimum atomic E-state index is -2.39. The van der Waals surface area contributed by atoms with E-state index in [1.54, 1.807) is 12.3 Å². The van der Waals surface area contributed by atoms with Crippen LogP contribution in [-0.4, -0.2) is 30.4 Å². The van der Waals surface area contributed by atoms with Gasteiger partial charge in [-0.3, -0.25) is 0 Å². The fourth-order valence-electron chi connectivity index (χ4n) is 1.58. The summed E-state index contributed by atoms with van der Waals surface area (Å²) < 4.78 is 24.9. The van der Waals surface area contributed by atoms with E-state index in [0.29, 0.717) is 18.2 Å². The monoisotopic (exact) mass is 276 g/mol. The topological polar surface area (TPSA) is 16.1 Å². The highest BCUT2D eigenvalue weighted by Crippen LogP contribution is 2.23. The number of alkyl halides is 3. The highest BCUT2D eigenvalue weighted by Gasteiger charge is 2.16. The molecule has 18 heavy (non-hydrogen) atoms. The van der Waals surface area contributed by atoms with Crippen LogP contribution in [0.25, 0.3) is 0 Å². The van der Waals surface area contributed by atoms with Crippen molar-refractivity contribution in [1.82, 2.24) is 4.98 Å². The molecule has 0 bridgehead atoms. The van der Waals surface area contributed by atoms with Crippen LogP contribution in [0, 0.1) is 0 Å². The lowest BCUT2D eigenvalue weighted by molar-refractivity contribution is 0.155. The van der Waals surface area contributed by atoms with Crippen LogP contribution in [0.5, 0.6) is 0 Å². The fraction of sp³-hybridized carbons (Fsp3) is 0.615. The predicted molar refractivity (Wildman–Crippen MR) is 71.9 cm³/mol. The molecule has 0 radical (unpaired) electrons. The molecule has 0 N–H and O–H groups in total. The van der Waals surface area contributed by atoms with Crippen molar-refractivity contribution < 1.29 is 8.78 Å². The SMILES string of the molecule is CC(C)(C)c1ccc(N(CCCl)CC(F)F)nc1. The lowest BCUT2D eigenvalue weighted by atomic mass is 9.88. The van der Waals surface area contributed by atoms with Crippen molar-refractivity contribution in [3.63, 3.8) is 0 Å². The quantitative estimate of drug-likeness (QED) is 0.763. The first-order valence-corrected chi connectivity index (χ1v) is 6.43. The summed E-state index contributed by atoms with van der Waals surface area (Å²) in [6.07, 6.45) is -0.653. The van der Waals surface area contributed by atoms with E-state index in [1.807, 2.05) is 6.07 Å². The van der Waals surface area contributed by atoms with Gasteiger partial charge in [0.2, 0.25) is 0 Å². The van der Waals surface area contributed by atoms with E-state index in [2.05, 4.69) is 25.8 Å². The lowest BCUT2D eigenvalue weighted by Gasteiger charge is -2.24. The van der Waals surface area contributed by atoms with E-state index >= 15 is 0 Å². The average Bonchev–Trinajstić information content (AvgIpc) is 2.27. The summed E-state index contributed by atoms with van der Waals surface area (Å²) in [6, 6.07) is 3.70. The Balaban J connectivity index is 2.86. The maximum atomic E-state index is 12.4. The first kappa shape index (κ1) is 15.2. The molecular formula is C13H19ClF2N2.